The van der Waals surface area contributed by atoms with Crippen molar-refractivity contribution in [2.45, 2.75) is 25.3 Å². The molecule has 1 aliphatic heterocycles. The van der Waals surface area contributed by atoms with Crippen LogP contribution in [0.1, 0.15) is 39.2 Å². The van der Waals surface area contributed by atoms with Crippen molar-refractivity contribution < 1.29 is 13.9 Å². The van der Waals surface area contributed by atoms with E-state index in [-0.39, 0.29) is 11.9 Å². The van der Waals surface area contributed by atoms with Gasteiger partial charge in [0.1, 0.15) is 5.75 Å². The van der Waals surface area contributed by atoms with Gasteiger partial charge in [0.2, 0.25) is 11.8 Å². The largest absolute Gasteiger partial charge is 0.497 e. The molecule has 1 atom stereocenters. The zero-order valence-electron chi connectivity index (χ0n) is 20.3. The lowest BCUT2D eigenvalue weighted by Crippen LogP contribution is -2.35. The first-order valence-corrected chi connectivity index (χ1v) is 12.2. The minimum Gasteiger partial charge on any atom is -0.497 e. The predicted octanol–water partition coefficient (Wildman–Crippen LogP) is 4.95. The van der Waals surface area contributed by atoms with Crippen molar-refractivity contribution in [3.63, 3.8) is 0 Å². The molecule has 37 heavy (non-hydrogen) atoms. The minimum absolute atomic E-state index is 0.0867. The van der Waals surface area contributed by atoms with Crippen molar-refractivity contribution in [2.75, 3.05) is 7.11 Å². The Balaban J connectivity index is 1.31. The molecule has 8 heteroatoms. The first kappa shape index (κ1) is 22.7. The Kier molecular flexibility index (Phi) is 5.98. The van der Waals surface area contributed by atoms with E-state index in [1.807, 2.05) is 78.9 Å². The number of methoxy groups -OCH3 is 1. The topological polar surface area (TPSA) is 106 Å². The van der Waals surface area contributed by atoms with Crippen LogP contribution in [0.5, 0.6) is 5.75 Å². The number of carbonyl (C=O) groups excluding carboxylic acids is 1. The molecule has 0 aliphatic carbocycles. The van der Waals surface area contributed by atoms with E-state index in [2.05, 4.69) is 20.6 Å². The maximum atomic E-state index is 12.8. The number of aryl methyl sites for hydroxylation is 2. The zero-order chi connectivity index (χ0) is 25.2. The van der Waals surface area contributed by atoms with Crippen LogP contribution in [0.3, 0.4) is 0 Å². The van der Waals surface area contributed by atoms with Crippen molar-refractivity contribution in [2.24, 2.45) is 0 Å². The van der Waals surface area contributed by atoms with Crippen LogP contribution in [-0.2, 0) is 19.3 Å². The van der Waals surface area contributed by atoms with Gasteiger partial charge in [0.15, 0.2) is 0 Å². The van der Waals surface area contributed by atoms with Gasteiger partial charge in [-0.3, -0.25) is 9.89 Å². The molecule has 0 fully saturated rings. The molecule has 1 amide bonds. The Morgan fingerprint density at radius 1 is 0.919 bits per heavy atom. The summed E-state index contributed by atoms with van der Waals surface area (Å²) in [7, 11) is 1.65. The predicted molar refractivity (Wildman–Crippen MR) is 138 cm³/mol. The van der Waals surface area contributed by atoms with Crippen molar-refractivity contribution in [1.82, 2.24) is 25.7 Å². The molecule has 0 saturated carbocycles. The second-order valence-electron chi connectivity index (χ2n) is 8.95. The third-order valence-electron chi connectivity index (χ3n) is 6.65. The van der Waals surface area contributed by atoms with Crippen molar-refractivity contribution in [3.8, 4) is 28.3 Å². The summed E-state index contributed by atoms with van der Waals surface area (Å²) >= 11 is 0. The van der Waals surface area contributed by atoms with E-state index in [0.29, 0.717) is 36.6 Å². The third kappa shape index (κ3) is 4.49. The van der Waals surface area contributed by atoms with Gasteiger partial charge in [0.25, 0.3) is 5.91 Å². The van der Waals surface area contributed by atoms with Crippen LogP contribution in [0.15, 0.2) is 83.3 Å². The van der Waals surface area contributed by atoms with Crippen molar-refractivity contribution >= 4 is 5.91 Å². The van der Waals surface area contributed by atoms with Crippen LogP contribution >= 0.6 is 0 Å². The van der Waals surface area contributed by atoms with Crippen LogP contribution < -0.4 is 10.1 Å². The van der Waals surface area contributed by atoms with Crippen molar-refractivity contribution in [3.05, 3.63) is 107 Å². The zero-order valence-corrected chi connectivity index (χ0v) is 20.3. The molecule has 1 aliphatic rings. The average Bonchev–Trinajstić information content (AvgIpc) is 3.60. The van der Waals surface area contributed by atoms with Gasteiger partial charge in [0.05, 0.1) is 18.8 Å². The van der Waals surface area contributed by atoms with E-state index in [1.54, 1.807) is 7.11 Å². The van der Waals surface area contributed by atoms with Crippen LogP contribution in [-0.4, -0.2) is 33.4 Å². The first-order valence-electron chi connectivity index (χ1n) is 12.2. The van der Waals surface area contributed by atoms with E-state index in [9.17, 15) is 4.79 Å². The second kappa shape index (κ2) is 9.73. The Labute approximate surface area is 213 Å². The Morgan fingerprint density at radius 2 is 1.70 bits per heavy atom. The van der Waals surface area contributed by atoms with Gasteiger partial charge in [-0.2, -0.15) is 5.10 Å². The highest BCUT2D eigenvalue weighted by atomic mass is 16.5. The van der Waals surface area contributed by atoms with Gasteiger partial charge in [-0.25, -0.2) is 0 Å². The van der Waals surface area contributed by atoms with Gasteiger partial charge < -0.3 is 14.5 Å². The highest BCUT2D eigenvalue weighted by molar-refractivity contribution is 5.97. The summed E-state index contributed by atoms with van der Waals surface area (Å²) in [4.78, 5) is 12.8. The molecule has 6 rings (SSSR count). The quantitative estimate of drug-likeness (QED) is 0.334. The summed E-state index contributed by atoms with van der Waals surface area (Å²) in [6.07, 6.45) is 1.83. The molecule has 184 valence electrons. The van der Waals surface area contributed by atoms with Gasteiger partial charge >= 0.3 is 0 Å². The SMILES string of the molecule is COc1ccc(-c2c(C3Cc4ccccc4C(=O)N3)n[nH]c2CCc2nnc(-c3ccccc3)o2)cc1. The van der Waals surface area contributed by atoms with Crippen molar-refractivity contribution in [1.29, 1.82) is 0 Å². The maximum Gasteiger partial charge on any atom is 0.252 e. The highest BCUT2D eigenvalue weighted by Gasteiger charge is 2.30. The number of rotatable bonds is 7. The van der Waals surface area contributed by atoms with Crippen LogP contribution in [0.4, 0.5) is 0 Å². The molecule has 0 spiro atoms. The number of nitrogens with zero attached hydrogens (tertiary/aromatic N) is 3. The van der Waals surface area contributed by atoms with Gasteiger partial charge in [-0.05, 0) is 54.3 Å². The average molecular weight is 492 g/mol. The fraction of sp³-hybridized carbons (Fsp3) is 0.172. The Hall–Kier alpha value is -4.72. The van der Waals surface area contributed by atoms with E-state index < -0.39 is 0 Å². The summed E-state index contributed by atoms with van der Waals surface area (Å²) in [5.74, 6) is 1.74. The molecule has 3 aromatic carbocycles. The number of ether oxygens (including phenoxy) is 1. The molecular formula is C29H25N5O3. The van der Waals surface area contributed by atoms with Crippen LogP contribution in [0.2, 0.25) is 0 Å². The third-order valence-corrected chi connectivity index (χ3v) is 6.65. The number of fused-ring (bicyclic) bond motifs is 1. The number of carbonyl (C=O) groups is 1. The molecule has 3 heterocycles. The van der Waals surface area contributed by atoms with E-state index in [1.165, 1.54) is 0 Å². The summed E-state index contributed by atoms with van der Waals surface area (Å²) in [6.45, 7) is 0. The maximum absolute atomic E-state index is 12.8. The lowest BCUT2D eigenvalue weighted by Gasteiger charge is -2.25. The number of aromatic amines is 1. The van der Waals surface area contributed by atoms with Gasteiger partial charge in [-0.15, -0.1) is 10.2 Å². The lowest BCUT2D eigenvalue weighted by molar-refractivity contribution is 0.0924. The molecule has 0 saturated heterocycles. The number of amides is 1. The number of hydrogen-bond donors (Lipinski definition) is 2. The number of nitrogens with one attached hydrogen (secondary N) is 2. The summed E-state index contributed by atoms with van der Waals surface area (Å²) in [5.41, 5.74) is 6.31. The molecule has 0 radical (unpaired) electrons. The number of aromatic nitrogens is 4. The highest BCUT2D eigenvalue weighted by Crippen LogP contribution is 2.35. The van der Waals surface area contributed by atoms with Crippen LogP contribution in [0, 0.1) is 0 Å². The fourth-order valence-electron chi connectivity index (χ4n) is 4.78. The minimum atomic E-state index is -0.252. The monoisotopic (exact) mass is 491 g/mol. The summed E-state index contributed by atoms with van der Waals surface area (Å²) < 4.78 is 11.3. The number of benzene rings is 3. The number of H-pyrrole nitrogens is 1. The van der Waals surface area contributed by atoms with Crippen LogP contribution in [0.25, 0.3) is 22.6 Å². The Bertz CT molecular complexity index is 1540. The van der Waals surface area contributed by atoms with Gasteiger partial charge in [-0.1, -0.05) is 48.5 Å². The Morgan fingerprint density at radius 3 is 2.51 bits per heavy atom. The van der Waals surface area contributed by atoms with E-state index in [4.69, 9.17) is 14.3 Å². The first-order chi connectivity index (χ1) is 18.2. The molecule has 1 unspecified atom stereocenters. The molecule has 5 aromatic rings. The molecular weight excluding hydrogens is 466 g/mol. The lowest BCUT2D eigenvalue weighted by atomic mass is 9.90. The second-order valence-corrected chi connectivity index (χ2v) is 8.95. The summed E-state index contributed by atoms with van der Waals surface area (Å²) in [6, 6.07) is 25.0. The van der Waals surface area contributed by atoms with Gasteiger partial charge in [0, 0.05) is 28.8 Å². The fourth-order valence-corrected chi connectivity index (χ4v) is 4.78. The molecule has 2 N–H and O–H groups in total. The normalized spacial score (nSPS) is 14.7. The standard InChI is InChI=1S/C29H25N5O3/c1-36-21-13-11-18(12-14-21)26-23(15-16-25-32-34-29(37-25)19-7-3-2-4-8-19)31-33-27(26)24-17-20-9-5-6-10-22(20)28(35)30-24/h2-14,24H,15-17H2,1H3,(H,30,35)(H,31,33). The summed E-state index contributed by atoms with van der Waals surface area (Å²) in [5, 5.41) is 19.5. The van der Waals surface area contributed by atoms with E-state index in [0.717, 1.165) is 39.4 Å². The molecule has 8 nitrogen and oxygen atoms in total. The molecule has 0 bridgehead atoms. The number of hydrogen-bond acceptors (Lipinski definition) is 6. The van der Waals surface area contributed by atoms with E-state index >= 15 is 0 Å². The molecule has 2 aromatic heterocycles. The smallest absolute Gasteiger partial charge is 0.252 e.